The largest absolute Gasteiger partial charge is 0.508 e. The second-order valence-corrected chi connectivity index (χ2v) is 23.0. The molecule has 1 saturated heterocycles. The molecule has 27 heteroatoms. The number of hydrogen-bond acceptors (Lipinski definition) is 17. The summed E-state index contributed by atoms with van der Waals surface area (Å²) >= 11 is 0. The Balaban J connectivity index is 1.02. The molecule has 0 spiro atoms. The molecule has 0 radical (unpaired) electrons. The van der Waals surface area contributed by atoms with E-state index in [1.54, 1.807) is 33.8 Å². The van der Waals surface area contributed by atoms with E-state index in [0.29, 0.717) is 63.1 Å². The highest BCUT2D eigenvalue weighted by molar-refractivity contribution is 6.39. The molecule has 1 heterocycles. The minimum Gasteiger partial charge on any atom is -0.508 e. The first kappa shape index (κ1) is 74.2. The average molecular weight is 1310 g/mol. The first-order valence-electron chi connectivity index (χ1n) is 32.0. The van der Waals surface area contributed by atoms with Crippen LogP contribution in [0.1, 0.15) is 67.2 Å². The second-order valence-electron chi connectivity index (χ2n) is 23.0. The van der Waals surface area contributed by atoms with Crippen LogP contribution < -0.4 is 48.7 Å². The number of aromatic hydroxyl groups is 1. The van der Waals surface area contributed by atoms with Gasteiger partial charge < -0.3 is 63.8 Å². The molecule has 510 valence electrons. The molecule has 5 aromatic rings. The summed E-state index contributed by atoms with van der Waals surface area (Å²) in [6, 6.07) is 38.3. The SMILES string of the molecule is CCNC(=O)NC(N)=NCCC[C@@H](NC(=O)[C@@H](c1ccccc1)c1ccc(NCCCNC(=O)[C@H](N)CCCNC(=O)C(Cc2ccc(-c3ccccc3)cc2)=NCN2CCN(CC(=O)O)CCN(CC(=O)O)CCN(CC(=O)O)CC2)cc1)C(=O)NCc1ccc(O)cc1. The number of anilines is 1. The Kier molecular flexibility index (Phi) is 31.5. The van der Waals surface area contributed by atoms with Crippen molar-refractivity contribution in [2.45, 2.75) is 70.0 Å². The van der Waals surface area contributed by atoms with Crippen LogP contribution in [0.5, 0.6) is 5.75 Å². The number of phenols is 1. The Morgan fingerprint density at radius 2 is 1.07 bits per heavy atom. The summed E-state index contributed by atoms with van der Waals surface area (Å²) in [5.41, 5.74) is 18.2. The molecule has 27 nitrogen and oxygen atoms in total. The molecule has 0 aromatic heterocycles. The van der Waals surface area contributed by atoms with Crippen LogP contribution in [0.2, 0.25) is 0 Å². The molecule has 0 aliphatic carbocycles. The lowest BCUT2D eigenvalue weighted by atomic mass is 9.90. The van der Waals surface area contributed by atoms with Gasteiger partial charge in [-0.2, -0.15) is 0 Å². The van der Waals surface area contributed by atoms with E-state index < -0.39 is 59.7 Å². The smallest absolute Gasteiger partial charge is 0.321 e. The van der Waals surface area contributed by atoms with Gasteiger partial charge in [0, 0.05) is 104 Å². The van der Waals surface area contributed by atoms with Gasteiger partial charge in [0.1, 0.15) is 17.5 Å². The van der Waals surface area contributed by atoms with E-state index in [1.165, 1.54) is 12.1 Å². The third kappa shape index (κ3) is 27.7. The topological polar surface area (TPSA) is 391 Å². The van der Waals surface area contributed by atoms with Crippen LogP contribution in [-0.4, -0.2) is 223 Å². The van der Waals surface area contributed by atoms with Gasteiger partial charge in [0.05, 0.1) is 38.3 Å². The van der Waals surface area contributed by atoms with Crippen LogP contribution in [-0.2, 0) is 46.5 Å². The standard InChI is InChI=1S/C68H91N15O12/c1-2-71-68(95)79-67(70)75-31-10-17-57(64(92)76-43-49-20-28-55(84)29-21-49)78-66(94)62(52-14-7-4-8-15-52)53-24-26-54(27-25-53)72-32-11-33-73-63(91)56(69)16-9-30-74-65(93)58(42-48-18-22-51(23-19-48)50-12-5-3-6-13-50)77-47-83-40-38-81(45-60(87)88)36-34-80(44-59(85)86)35-37-82(39-41-83)46-61(89)90/h3-8,12-15,18-29,56-57,62,72,84H,2,9-11,16-17,30-47,69H2,1H3,(H,73,91)(H,74,93)(H,76,92)(H,78,94)(H,85,86)(H,87,88)(H,89,90)(H4,70,71,75,79,95)/t56-,57-,62+/m1/s1. The summed E-state index contributed by atoms with van der Waals surface area (Å²) in [5.74, 6) is -5.53. The summed E-state index contributed by atoms with van der Waals surface area (Å²) < 4.78 is 0. The maximum atomic E-state index is 14.4. The van der Waals surface area contributed by atoms with Crippen molar-refractivity contribution >= 4 is 64.9 Å². The Labute approximate surface area is 553 Å². The number of carbonyl (C=O) groups is 8. The Morgan fingerprint density at radius 1 is 0.537 bits per heavy atom. The van der Waals surface area contributed by atoms with Crippen LogP contribution in [0.15, 0.2) is 143 Å². The van der Waals surface area contributed by atoms with Crippen LogP contribution in [0.25, 0.3) is 11.1 Å². The molecule has 3 atom stereocenters. The van der Waals surface area contributed by atoms with Gasteiger partial charge in [0.25, 0.3) is 5.91 Å². The van der Waals surface area contributed by atoms with Gasteiger partial charge in [-0.25, -0.2) is 4.79 Å². The highest BCUT2D eigenvalue weighted by Crippen LogP contribution is 2.27. The number of nitrogens with two attached hydrogens (primary N) is 2. The fourth-order valence-electron chi connectivity index (χ4n) is 10.5. The molecule has 95 heavy (non-hydrogen) atoms. The Morgan fingerprint density at radius 3 is 1.65 bits per heavy atom. The number of urea groups is 1. The third-order valence-corrected chi connectivity index (χ3v) is 15.6. The summed E-state index contributed by atoms with van der Waals surface area (Å²) in [4.78, 5) is 119. The fourth-order valence-corrected chi connectivity index (χ4v) is 10.5. The number of carbonyl (C=O) groups excluding carboxylic acids is 5. The molecule has 5 aromatic carbocycles. The van der Waals surface area contributed by atoms with E-state index in [2.05, 4.69) is 42.2 Å². The predicted octanol–water partition coefficient (Wildman–Crippen LogP) is 2.66. The van der Waals surface area contributed by atoms with Crippen molar-refractivity contribution in [3.63, 3.8) is 0 Å². The lowest BCUT2D eigenvalue weighted by Gasteiger charge is -2.32. The zero-order chi connectivity index (χ0) is 68.3. The van der Waals surface area contributed by atoms with E-state index in [9.17, 15) is 58.8 Å². The van der Waals surface area contributed by atoms with Crippen LogP contribution >= 0.6 is 0 Å². The number of aliphatic carboxylic acids is 3. The lowest BCUT2D eigenvalue weighted by molar-refractivity contribution is -0.140. The van der Waals surface area contributed by atoms with Gasteiger partial charge in [0.15, 0.2) is 5.96 Å². The molecular weight excluding hydrogens is 1220 g/mol. The maximum Gasteiger partial charge on any atom is 0.321 e. The van der Waals surface area contributed by atoms with Crippen molar-refractivity contribution in [3.05, 3.63) is 156 Å². The van der Waals surface area contributed by atoms with Crippen LogP contribution in [0.3, 0.4) is 0 Å². The van der Waals surface area contributed by atoms with Gasteiger partial charge in [-0.1, -0.05) is 109 Å². The number of carboxylic acid groups (broad SMARTS) is 3. The number of rotatable bonds is 34. The summed E-state index contributed by atoms with van der Waals surface area (Å²) in [5, 5.41) is 58.8. The van der Waals surface area contributed by atoms with Crippen molar-refractivity contribution < 1.29 is 58.8 Å². The number of benzene rings is 5. The van der Waals surface area contributed by atoms with Gasteiger partial charge in [-0.3, -0.25) is 68.5 Å². The number of nitrogens with zero attached hydrogens (tertiary/aromatic N) is 6. The van der Waals surface area contributed by atoms with Gasteiger partial charge in [0.2, 0.25) is 17.7 Å². The van der Waals surface area contributed by atoms with E-state index in [4.69, 9.17) is 16.5 Å². The van der Waals surface area contributed by atoms with E-state index in [1.807, 2.05) is 114 Å². The first-order valence-corrected chi connectivity index (χ1v) is 32.0. The monoisotopic (exact) mass is 1310 g/mol. The maximum absolute atomic E-state index is 14.4. The van der Waals surface area contributed by atoms with Crippen LogP contribution in [0.4, 0.5) is 10.5 Å². The normalized spacial score (nSPS) is 14.9. The molecule has 0 saturated carbocycles. The van der Waals surface area contributed by atoms with Crippen molar-refractivity contribution in [3.8, 4) is 16.9 Å². The quantitative estimate of drug-likeness (QED) is 0.0160. The molecule has 1 fully saturated rings. The minimum absolute atomic E-state index is 0.0376. The van der Waals surface area contributed by atoms with Gasteiger partial charge >= 0.3 is 23.9 Å². The molecular formula is C68H91N15O12. The summed E-state index contributed by atoms with van der Waals surface area (Å²) in [6.45, 7) is 4.91. The van der Waals surface area contributed by atoms with Gasteiger partial charge in [-0.15, -0.1) is 0 Å². The van der Waals surface area contributed by atoms with E-state index in [-0.39, 0.29) is 128 Å². The average Bonchev–Trinajstić information content (AvgIpc) is 1.10. The number of hydrogen-bond donors (Lipinski definition) is 13. The van der Waals surface area contributed by atoms with Gasteiger partial charge in [-0.05, 0) is 96.7 Å². The number of amides is 6. The third-order valence-electron chi connectivity index (χ3n) is 15.6. The Bertz CT molecular complexity index is 3280. The van der Waals surface area contributed by atoms with Crippen molar-refractivity contribution in [2.24, 2.45) is 21.5 Å². The summed E-state index contributed by atoms with van der Waals surface area (Å²) in [6.07, 6.45) is 1.90. The van der Waals surface area contributed by atoms with Crippen molar-refractivity contribution in [2.75, 3.05) is 117 Å². The van der Waals surface area contributed by atoms with Crippen LogP contribution in [0, 0.1) is 0 Å². The number of aliphatic imine (C=N–C) groups is 2. The highest BCUT2D eigenvalue weighted by atomic mass is 16.4. The first-order chi connectivity index (χ1) is 45.8. The number of phenolic OH excluding ortho intramolecular Hbond substituents is 1. The Hall–Kier alpha value is -9.80. The fraction of sp³-hybridized carbons (Fsp3) is 0.412. The summed E-state index contributed by atoms with van der Waals surface area (Å²) in [7, 11) is 0. The van der Waals surface area contributed by atoms with E-state index in [0.717, 1.165) is 27.9 Å². The lowest BCUT2D eigenvalue weighted by Crippen LogP contribution is -2.48. The van der Waals surface area contributed by atoms with Crippen molar-refractivity contribution in [1.29, 1.82) is 0 Å². The predicted molar refractivity (Wildman–Crippen MR) is 363 cm³/mol. The molecule has 6 amide bonds. The van der Waals surface area contributed by atoms with E-state index >= 15 is 0 Å². The molecule has 15 N–H and O–H groups in total. The molecule has 0 bridgehead atoms. The zero-order valence-corrected chi connectivity index (χ0v) is 53.8. The highest BCUT2D eigenvalue weighted by Gasteiger charge is 2.29. The molecule has 6 rings (SSSR count). The minimum atomic E-state index is -1.05. The zero-order valence-electron chi connectivity index (χ0n) is 53.8. The molecule has 1 aliphatic heterocycles. The number of guanidine groups is 1. The number of nitrogens with one attached hydrogen (secondary N) is 7. The number of carboxylic acids is 3. The molecule has 0 unspecified atom stereocenters. The molecule has 1 aliphatic rings. The second kappa shape index (κ2) is 40.3. The van der Waals surface area contributed by atoms with Crippen molar-refractivity contribution in [1.82, 2.24) is 51.5 Å².